The molecule has 1 saturated carbocycles. The van der Waals surface area contributed by atoms with Gasteiger partial charge in [0.25, 0.3) is 0 Å². The Labute approximate surface area is 73.8 Å². The van der Waals surface area contributed by atoms with E-state index < -0.39 is 5.60 Å². The van der Waals surface area contributed by atoms with Crippen LogP contribution in [0.5, 0.6) is 0 Å². The minimum absolute atomic E-state index is 0.299. The van der Waals surface area contributed by atoms with Crippen LogP contribution >= 0.6 is 0 Å². The molecule has 0 radical (unpaired) electrons. The van der Waals surface area contributed by atoms with E-state index in [0.29, 0.717) is 17.8 Å². The predicted octanol–water partition coefficient (Wildman–Crippen LogP) is 2.14. The smallest absolute Gasteiger partial charge is 0.0809 e. The highest BCUT2D eigenvalue weighted by Crippen LogP contribution is 2.50. The molecule has 2 aliphatic rings. The molecule has 0 aromatic carbocycles. The zero-order valence-electron chi connectivity index (χ0n) is 7.53. The molecule has 0 spiro atoms. The Morgan fingerprint density at radius 1 is 1.67 bits per heavy atom. The number of hydrogen-bond donors (Lipinski definition) is 1. The fourth-order valence-electron chi connectivity index (χ4n) is 2.84. The Morgan fingerprint density at radius 3 is 3.08 bits per heavy atom. The molecule has 1 fully saturated rings. The quantitative estimate of drug-likeness (QED) is 0.589. The van der Waals surface area contributed by atoms with E-state index in [-0.39, 0.29) is 0 Å². The third kappa shape index (κ3) is 0.831. The van der Waals surface area contributed by atoms with E-state index in [4.69, 9.17) is 0 Å². The molecule has 0 heterocycles. The molecule has 2 rings (SSSR count). The normalized spacial score (nSPS) is 51.0. The third-order valence-corrected chi connectivity index (χ3v) is 3.53. The molecule has 0 aromatic heterocycles. The van der Waals surface area contributed by atoms with Gasteiger partial charge in [0.2, 0.25) is 0 Å². The molecular weight excluding hydrogens is 148 g/mol. The summed E-state index contributed by atoms with van der Waals surface area (Å²) in [6.07, 6.45) is 8.11. The van der Waals surface area contributed by atoms with E-state index in [1.54, 1.807) is 0 Å². The van der Waals surface area contributed by atoms with Crippen molar-refractivity contribution in [1.82, 2.24) is 0 Å². The maximum absolute atomic E-state index is 10.3. The SMILES string of the molecule is C=C[C@H]1C[C@@H](C)[C@H]2C=CC[C@]21O. The van der Waals surface area contributed by atoms with E-state index in [1.165, 1.54) is 0 Å². The number of aliphatic hydroxyl groups is 1. The summed E-state index contributed by atoms with van der Waals surface area (Å²) < 4.78 is 0. The first-order valence-electron chi connectivity index (χ1n) is 4.70. The largest absolute Gasteiger partial charge is 0.388 e. The van der Waals surface area contributed by atoms with Crippen LogP contribution in [-0.4, -0.2) is 10.7 Å². The van der Waals surface area contributed by atoms with E-state index in [2.05, 4.69) is 25.7 Å². The summed E-state index contributed by atoms with van der Waals surface area (Å²) in [6.45, 7) is 6.01. The standard InChI is InChI=1S/C11H16O/c1-3-9-7-8(2)10-5-4-6-11(9,10)12/h3-5,8-10,12H,1,6-7H2,2H3/t8-,9+,10-,11-/m1/s1. The van der Waals surface area contributed by atoms with Gasteiger partial charge in [0, 0.05) is 11.8 Å². The molecule has 1 nitrogen and oxygen atoms in total. The molecule has 0 unspecified atom stereocenters. The average Bonchev–Trinajstić information content (AvgIpc) is 2.51. The minimum Gasteiger partial charge on any atom is -0.388 e. The summed E-state index contributed by atoms with van der Waals surface area (Å²) >= 11 is 0. The van der Waals surface area contributed by atoms with Crippen molar-refractivity contribution in [2.45, 2.75) is 25.4 Å². The number of fused-ring (bicyclic) bond motifs is 1. The van der Waals surface area contributed by atoms with Crippen LogP contribution in [-0.2, 0) is 0 Å². The van der Waals surface area contributed by atoms with E-state index >= 15 is 0 Å². The second-order valence-corrected chi connectivity index (χ2v) is 4.20. The van der Waals surface area contributed by atoms with Gasteiger partial charge in [-0.2, -0.15) is 0 Å². The van der Waals surface area contributed by atoms with Gasteiger partial charge < -0.3 is 5.11 Å². The molecule has 1 N–H and O–H groups in total. The highest BCUT2D eigenvalue weighted by atomic mass is 16.3. The van der Waals surface area contributed by atoms with E-state index in [1.807, 2.05) is 6.08 Å². The molecule has 0 bridgehead atoms. The van der Waals surface area contributed by atoms with Gasteiger partial charge in [0.1, 0.15) is 0 Å². The van der Waals surface area contributed by atoms with Crippen molar-refractivity contribution in [3.63, 3.8) is 0 Å². The molecular formula is C11H16O. The summed E-state index contributed by atoms with van der Waals surface area (Å²) in [6, 6.07) is 0. The molecule has 0 saturated heterocycles. The average molecular weight is 164 g/mol. The van der Waals surface area contributed by atoms with Gasteiger partial charge in [-0.15, -0.1) is 6.58 Å². The first-order valence-corrected chi connectivity index (χ1v) is 4.70. The number of rotatable bonds is 1. The van der Waals surface area contributed by atoms with Crippen LogP contribution in [0, 0.1) is 17.8 Å². The van der Waals surface area contributed by atoms with Crippen molar-refractivity contribution in [3.8, 4) is 0 Å². The molecule has 0 aliphatic heterocycles. The summed E-state index contributed by atoms with van der Waals surface area (Å²) in [5.41, 5.74) is -0.485. The van der Waals surface area contributed by atoms with Crippen LogP contribution < -0.4 is 0 Å². The van der Waals surface area contributed by atoms with E-state index in [0.717, 1.165) is 12.8 Å². The van der Waals surface area contributed by atoms with Crippen LogP contribution in [0.1, 0.15) is 19.8 Å². The van der Waals surface area contributed by atoms with Gasteiger partial charge in [-0.3, -0.25) is 0 Å². The molecule has 66 valence electrons. The fourth-order valence-corrected chi connectivity index (χ4v) is 2.84. The molecule has 4 atom stereocenters. The van der Waals surface area contributed by atoms with Gasteiger partial charge in [-0.25, -0.2) is 0 Å². The molecule has 12 heavy (non-hydrogen) atoms. The highest BCUT2D eigenvalue weighted by Gasteiger charge is 2.51. The topological polar surface area (TPSA) is 20.2 Å². The molecule has 1 heteroatoms. The Kier molecular flexibility index (Phi) is 1.65. The van der Waals surface area contributed by atoms with Crippen LogP contribution in [0.4, 0.5) is 0 Å². The van der Waals surface area contributed by atoms with Gasteiger partial charge in [-0.05, 0) is 18.8 Å². The van der Waals surface area contributed by atoms with Crippen molar-refractivity contribution >= 4 is 0 Å². The summed E-state index contributed by atoms with van der Waals surface area (Å²) in [4.78, 5) is 0. The fraction of sp³-hybridized carbons (Fsp3) is 0.636. The van der Waals surface area contributed by atoms with Crippen molar-refractivity contribution in [2.75, 3.05) is 0 Å². The summed E-state index contributed by atoms with van der Waals surface area (Å²) in [7, 11) is 0. The molecule has 0 aromatic rings. The Balaban J connectivity index is 2.31. The van der Waals surface area contributed by atoms with Crippen molar-refractivity contribution in [1.29, 1.82) is 0 Å². The predicted molar refractivity (Wildman–Crippen MR) is 49.7 cm³/mol. The first-order chi connectivity index (χ1) is 5.68. The lowest BCUT2D eigenvalue weighted by molar-refractivity contribution is 0.000381. The Bertz CT molecular complexity index is 231. The Hall–Kier alpha value is -0.560. The minimum atomic E-state index is -0.485. The van der Waals surface area contributed by atoms with Gasteiger partial charge in [-0.1, -0.05) is 25.2 Å². The van der Waals surface area contributed by atoms with E-state index in [9.17, 15) is 5.11 Å². The second kappa shape index (κ2) is 2.46. The Morgan fingerprint density at radius 2 is 2.42 bits per heavy atom. The third-order valence-electron chi connectivity index (χ3n) is 3.53. The van der Waals surface area contributed by atoms with Crippen molar-refractivity contribution in [3.05, 3.63) is 24.8 Å². The van der Waals surface area contributed by atoms with Gasteiger partial charge in [0.15, 0.2) is 0 Å². The maximum atomic E-state index is 10.3. The van der Waals surface area contributed by atoms with Crippen LogP contribution in [0.3, 0.4) is 0 Å². The monoisotopic (exact) mass is 164 g/mol. The summed E-state index contributed by atoms with van der Waals surface area (Å²) in [5, 5.41) is 10.3. The van der Waals surface area contributed by atoms with Crippen molar-refractivity contribution < 1.29 is 5.11 Å². The van der Waals surface area contributed by atoms with Gasteiger partial charge in [0.05, 0.1) is 5.60 Å². The first kappa shape index (κ1) is 8.06. The second-order valence-electron chi connectivity index (χ2n) is 4.20. The zero-order valence-corrected chi connectivity index (χ0v) is 7.53. The van der Waals surface area contributed by atoms with Crippen LogP contribution in [0.25, 0.3) is 0 Å². The van der Waals surface area contributed by atoms with Crippen LogP contribution in [0.15, 0.2) is 24.8 Å². The van der Waals surface area contributed by atoms with Crippen molar-refractivity contribution in [2.24, 2.45) is 17.8 Å². The lowest BCUT2D eigenvalue weighted by Gasteiger charge is -2.28. The highest BCUT2D eigenvalue weighted by molar-refractivity contribution is 5.20. The number of hydrogen-bond acceptors (Lipinski definition) is 1. The lowest BCUT2D eigenvalue weighted by atomic mass is 9.85. The van der Waals surface area contributed by atoms with Gasteiger partial charge >= 0.3 is 0 Å². The molecule has 0 amide bonds. The summed E-state index contributed by atoms with van der Waals surface area (Å²) in [5.74, 6) is 1.28. The molecule has 2 aliphatic carbocycles. The zero-order chi connectivity index (χ0) is 8.77. The van der Waals surface area contributed by atoms with Crippen LogP contribution in [0.2, 0.25) is 0 Å². The lowest BCUT2D eigenvalue weighted by Crippen LogP contribution is -2.35. The maximum Gasteiger partial charge on any atom is 0.0809 e.